The molecule has 1 fully saturated rings. The third kappa shape index (κ3) is 4.62. The third-order valence-corrected chi connectivity index (χ3v) is 7.52. The van der Waals surface area contributed by atoms with Gasteiger partial charge in [-0.25, -0.2) is 8.42 Å². The summed E-state index contributed by atoms with van der Waals surface area (Å²) in [5, 5.41) is 0. The summed E-state index contributed by atoms with van der Waals surface area (Å²) in [6.45, 7) is 2.63. The molecule has 7 heteroatoms. The van der Waals surface area contributed by atoms with E-state index in [0.29, 0.717) is 19.4 Å². The van der Waals surface area contributed by atoms with Crippen molar-refractivity contribution in [2.75, 3.05) is 27.2 Å². The SMILES string of the molecule is COc1ccc(C(C)N(C)C(=O)C2CCCN(S(=O)(=O)c3ccccc3)C2)cc1. The highest BCUT2D eigenvalue weighted by Crippen LogP contribution is 2.28. The number of carbonyl (C=O) groups excluding carboxylic acids is 1. The number of piperidine rings is 1. The van der Waals surface area contributed by atoms with Gasteiger partial charge in [-0.05, 0) is 49.6 Å². The third-order valence-electron chi connectivity index (χ3n) is 5.64. The Bertz CT molecular complexity index is 929. The van der Waals surface area contributed by atoms with Crippen molar-refractivity contribution in [3.8, 4) is 5.75 Å². The average Bonchev–Trinajstić information content (AvgIpc) is 2.78. The molecule has 156 valence electrons. The lowest BCUT2D eigenvalue weighted by Gasteiger charge is -2.35. The van der Waals surface area contributed by atoms with Crippen molar-refractivity contribution < 1.29 is 17.9 Å². The minimum absolute atomic E-state index is 0.0266. The van der Waals surface area contributed by atoms with Gasteiger partial charge in [0.25, 0.3) is 0 Å². The Kier molecular flexibility index (Phi) is 6.59. The van der Waals surface area contributed by atoms with Crippen LogP contribution in [0.3, 0.4) is 0 Å². The van der Waals surface area contributed by atoms with E-state index in [1.807, 2.05) is 31.2 Å². The van der Waals surface area contributed by atoms with Crippen LogP contribution in [0.2, 0.25) is 0 Å². The van der Waals surface area contributed by atoms with Crippen LogP contribution in [-0.2, 0) is 14.8 Å². The van der Waals surface area contributed by atoms with Crippen LogP contribution in [0.5, 0.6) is 5.75 Å². The van der Waals surface area contributed by atoms with Gasteiger partial charge in [0.15, 0.2) is 0 Å². The van der Waals surface area contributed by atoms with Gasteiger partial charge in [0.1, 0.15) is 5.75 Å². The van der Waals surface area contributed by atoms with Gasteiger partial charge in [0.2, 0.25) is 15.9 Å². The van der Waals surface area contributed by atoms with Crippen molar-refractivity contribution in [3.05, 3.63) is 60.2 Å². The fourth-order valence-corrected chi connectivity index (χ4v) is 5.23. The Balaban J connectivity index is 1.71. The van der Waals surface area contributed by atoms with Crippen molar-refractivity contribution in [1.29, 1.82) is 0 Å². The molecule has 0 N–H and O–H groups in total. The van der Waals surface area contributed by atoms with Gasteiger partial charge in [-0.1, -0.05) is 30.3 Å². The maximum atomic E-state index is 13.1. The van der Waals surface area contributed by atoms with Gasteiger partial charge >= 0.3 is 0 Å². The molecule has 2 unspecified atom stereocenters. The minimum atomic E-state index is -3.59. The predicted molar refractivity (Wildman–Crippen MR) is 112 cm³/mol. The summed E-state index contributed by atoms with van der Waals surface area (Å²) in [6, 6.07) is 15.9. The van der Waals surface area contributed by atoms with Gasteiger partial charge in [-0.2, -0.15) is 4.31 Å². The average molecular weight is 417 g/mol. The Morgan fingerprint density at radius 3 is 2.41 bits per heavy atom. The molecule has 0 aliphatic carbocycles. The van der Waals surface area contributed by atoms with Crippen molar-refractivity contribution >= 4 is 15.9 Å². The largest absolute Gasteiger partial charge is 0.497 e. The Labute approximate surface area is 173 Å². The van der Waals surface area contributed by atoms with Crippen molar-refractivity contribution in [2.45, 2.75) is 30.7 Å². The number of methoxy groups -OCH3 is 1. The summed E-state index contributed by atoms with van der Waals surface area (Å²) in [7, 11) is -0.188. The van der Waals surface area contributed by atoms with E-state index in [9.17, 15) is 13.2 Å². The molecule has 1 amide bonds. The molecule has 0 saturated carbocycles. The molecule has 2 aromatic rings. The molecule has 6 nitrogen and oxygen atoms in total. The van der Waals surface area contributed by atoms with Crippen molar-refractivity contribution in [3.63, 3.8) is 0 Å². The topological polar surface area (TPSA) is 66.9 Å². The summed E-state index contributed by atoms with van der Waals surface area (Å²) in [5.74, 6) is 0.401. The molecule has 1 heterocycles. The summed E-state index contributed by atoms with van der Waals surface area (Å²) in [6.07, 6.45) is 1.37. The maximum absolute atomic E-state index is 13.1. The van der Waals surface area contributed by atoms with Crippen LogP contribution < -0.4 is 4.74 Å². The Hall–Kier alpha value is -2.38. The molecule has 0 radical (unpaired) electrons. The first-order valence-electron chi connectivity index (χ1n) is 9.80. The molecule has 1 aliphatic rings. The van der Waals surface area contributed by atoms with Crippen LogP contribution in [0.25, 0.3) is 0 Å². The fraction of sp³-hybridized carbons (Fsp3) is 0.409. The molecule has 2 atom stereocenters. The smallest absolute Gasteiger partial charge is 0.243 e. The highest BCUT2D eigenvalue weighted by molar-refractivity contribution is 7.89. The molecule has 0 aromatic heterocycles. The fourth-order valence-electron chi connectivity index (χ4n) is 3.69. The molecule has 0 spiro atoms. The number of rotatable bonds is 6. The second kappa shape index (κ2) is 8.97. The van der Waals surface area contributed by atoms with E-state index in [4.69, 9.17) is 4.74 Å². The lowest BCUT2D eigenvalue weighted by atomic mass is 9.97. The molecule has 0 bridgehead atoms. The second-order valence-corrected chi connectivity index (χ2v) is 9.35. The van der Waals surface area contributed by atoms with Crippen molar-refractivity contribution in [2.24, 2.45) is 5.92 Å². The number of ether oxygens (including phenoxy) is 1. The quantitative estimate of drug-likeness (QED) is 0.725. The van der Waals surface area contributed by atoms with E-state index in [-0.39, 0.29) is 29.3 Å². The normalized spacial score (nSPS) is 18.8. The summed E-state index contributed by atoms with van der Waals surface area (Å²) < 4.78 is 32.5. The van der Waals surface area contributed by atoms with Crippen LogP contribution >= 0.6 is 0 Å². The monoisotopic (exact) mass is 416 g/mol. The summed E-state index contributed by atoms with van der Waals surface area (Å²) in [4.78, 5) is 15.1. The number of amides is 1. The molecule has 1 saturated heterocycles. The first-order chi connectivity index (χ1) is 13.8. The van der Waals surface area contributed by atoms with E-state index in [1.54, 1.807) is 49.4 Å². The standard InChI is InChI=1S/C22H28N2O4S/c1-17(18-11-13-20(28-3)14-12-18)23(2)22(25)19-8-7-15-24(16-19)29(26,27)21-9-5-4-6-10-21/h4-6,9-14,17,19H,7-8,15-16H2,1-3H3. The van der Waals surface area contributed by atoms with Crippen LogP contribution in [-0.4, -0.2) is 50.8 Å². The minimum Gasteiger partial charge on any atom is -0.497 e. The molecular formula is C22H28N2O4S. The van der Waals surface area contributed by atoms with Crippen LogP contribution in [0.4, 0.5) is 0 Å². The molecule has 29 heavy (non-hydrogen) atoms. The number of carbonyl (C=O) groups is 1. The van der Waals surface area contributed by atoms with E-state index >= 15 is 0 Å². The molecule has 3 rings (SSSR count). The molecule has 2 aromatic carbocycles. The van der Waals surface area contributed by atoms with E-state index in [2.05, 4.69) is 0 Å². The molecular weight excluding hydrogens is 388 g/mol. The Morgan fingerprint density at radius 2 is 1.79 bits per heavy atom. The van der Waals surface area contributed by atoms with Gasteiger partial charge in [-0.15, -0.1) is 0 Å². The van der Waals surface area contributed by atoms with E-state index in [1.165, 1.54) is 4.31 Å². The number of nitrogens with zero attached hydrogens (tertiary/aromatic N) is 2. The number of hydrogen-bond donors (Lipinski definition) is 0. The van der Waals surface area contributed by atoms with Crippen LogP contribution in [0, 0.1) is 5.92 Å². The van der Waals surface area contributed by atoms with Gasteiger partial charge in [-0.3, -0.25) is 4.79 Å². The highest BCUT2D eigenvalue weighted by atomic mass is 32.2. The number of benzene rings is 2. The second-order valence-electron chi connectivity index (χ2n) is 7.41. The first kappa shape index (κ1) is 21.3. The first-order valence-corrected chi connectivity index (χ1v) is 11.2. The zero-order valence-electron chi connectivity index (χ0n) is 17.1. The van der Waals surface area contributed by atoms with Crippen LogP contribution in [0.1, 0.15) is 31.4 Å². The zero-order chi connectivity index (χ0) is 21.0. The van der Waals surface area contributed by atoms with Crippen molar-refractivity contribution in [1.82, 2.24) is 9.21 Å². The van der Waals surface area contributed by atoms with Gasteiger partial charge in [0, 0.05) is 20.1 Å². The lowest BCUT2D eigenvalue weighted by Crippen LogP contribution is -2.46. The summed E-state index contributed by atoms with van der Waals surface area (Å²) >= 11 is 0. The van der Waals surface area contributed by atoms with E-state index in [0.717, 1.165) is 11.3 Å². The number of sulfonamides is 1. The van der Waals surface area contributed by atoms with Gasteiger partial charge in [0.05, 0.1) is 24.0 Å². The van der Waals surface area contributed by atoms with E-state index < -0.39 is 10.0 Å². The highest BCUT2D eigenvalue weighted by Gasteiger charge is 2.35. The molecule has 1 aliphatic heterocycles. The zero-order valence-corrected chi connectivity index (χ0v) is 17.9. The maximum Gasteiger partial charge on any atom is 0.243 e. The predicted octanol–water partition coefficient (Wildman–Crippen LogP) is 3.32. The van der Waals surface area contributed by atoms with Crippen LogP contribution in [0.15, 0.2) is 59.5 Å². The Morgan fingerprint density at radius 1 is 1.14 bits per heavy atom. The lowest BCUT2D eigenvalue weighted by molar-refractivity contribution is -0.137. The number of hydrogen-bond acceptors (Lipinski definition) is 4. The van der Waals surface area contributed by atoms with Gasteiger partial charge < -0.3 is 9.64 Å². The summed E-state index contributed by atoms with van der Waals surface area (Å²) in [5.41, 5.74) is 1.01.